The molecule has 0 aromatic carbocycles. The second-order valence-corrected chi connectivity index (χ2v) is 4.29. The molecule has 1 aromatic rings. The number of thiophene rings is 1. The maximum Gasteiger partial charge on any atom is 0.110 e. The van der Waals surface area contributed by atoms with Gasteiger partial charge in [-0.3, -0.25) is 0 Å². The third-order valence-corrected chi connectivity index (χ3v) is 3.29. The molecule has 2 nitrogen and oxygen atoms in total. The van der Waals surface area contributed by atoms with Crippen LogP contribution in [0.4, 0.5) is 0 Å². The Morgan fingerprint density at radius 3 is 2.83 bits per heavy atom. The van der Waals surface area contributed by atoms with Crippen LogP contribution in [0.25, 0.3) is 0 Å². The highest BCUT2D eigenvalue weighted by Gasteiger charge is 2.30. The molecule has 0 radical (unpaired) electrons. The minimum Gasteiger partial charge on any atom is -0.323 e. The summed E-state index contributed by atoms with van der Waals surface area (Å²) in [4.78, 5) is 1.93. The van der Waals surface area contributed by atoms with Gasteiger partial charge in [-0.05, 0) is 30.9 Å². The van der Waals surface area contributed by atoms with Crippen LogP contribution >= 0.6 is 11.3 Å². The van der Waals surface area contributed by atoms with Gasteiger partial charge in [0.25, 0.3) is 0 Å². The average molecular weight is 178 g/mol. The zero-order chi connectivity index (χ0) is 8.55. The molecule has 0 saturated heterocycles. The first kappa shape index (κ1) is 7.78. The monoisotopic (exact) mass is 178 g/mol. The van der Waals surface area contributed by atoms with Gasteiger partial charge >= 0.3 is 0 Å². The predicted molar refractivity (Wildman–Crippen MR) is 48.7 cm³/mol. The molecule has 0 unspecified atom stereocenters. The Kier molecular flexibility index (Phi) is 1.87. The van der Waals surface area contributed by atoms with Crippen molar-refractivity contribution in [3.63, 3.8) is 0 Å². The van der Waals surface area contributed by atoms with Crippen LogP contribution in [-0.2, 0) is 0 Å². The molecule has 1 saturated carbocycles. The quantitative estimate of drug-likeness (QED) is 0.753. The van der Waals surface area contributed by atoms with Crippen molar-refractivity contribution in [3.8, 4) is 6.07 Å². The van der Waals surface area contributed by atoms with E-state index in [1.54, 1.807) is 0 Å². The molecule has 2 N–H and O–H groups in total. The molecule has 2 rings (SSSR count). The summed E-state index contributed by atoms with van der Waals surface area (Å²) in [6.07, 6.45) is 2.50. The number of rotatable bonds is 2. The summed E-state index contributed by atoms with van der Waals surface area (Å²) in [6, 6.07) is 6.13. The van der Waals surface area contributed by atoms with Gasteiger partial charge in [-0.1, -0.05) is 0 Å². The van der Waals surface area contributed by atoms with Gasteiger partial charge in [0, 0.05) is 10.9 Å². The second-order valence-electron chi connectivity index (χ2n) is 3.18. The van der Waals surface area contributed by atoms with Gasteiger partial charge in [0.1, 0.15) is 10.9 Å². The molecule has 1 atom stereocenters. The first-order valence-corrected chi connectivity index (χ1v) is 4.88. The zero-order valence-corrected chi connectivity index (χ0v) is 7.47. The van der Waals surface area contributed by atoms with Gasteiger partial charge < -0.3 is 5.73 Å². The van der Waals surface area contributed by atoms with Gasteiger partial charge in [-0.15, -0.1) is 11.3 Å². The summed E-state index contributed by atoms with van der Waals surface area (Å²) >= 11 is 1.52. The van der Waals surface area contributed by atoms with E-state index in [0.717, 1.165) is 9.75 Å². The van der Waals surface area contributed by atoms with E-state index in [2.05, 4.69) is 6.07 Å². The molecule has 1 fully saturated rings. The number of hydrogen-bond acceptors (Lipinski definition) is 3. The first-order chi connectivity index (χ1) is 5.81. The number of nitrogens with two attached hydrogens (primary N) is 1. The molecule has 12 heavy (non-hydrogen) atoms. The SMILES string of the molecule is N#Cc1ccc([C@@H](N)C2CC2)s1. The molecule has 0 aliphatic heterocycles. The summed E-state index contributed by atoms with van der Waals surface area (Å²) < 4.78 is 0. The Hall–Kier alpha value is -0.850. The van der Waals surface area contributed by atoms with Crippen molar-refractivity contribution in [3.05, 3.63) is 21.9 Å². The molecule has 62 valence electrons. The minimum absolute atomic E-state index is 0.178. The molecule has 1 aliphatic rings. The Labute approximate surface area is 75.6 Å². The topological polar surface area (TPSA) is 49.8 Å². The van der Waals surface area contributed by atoms with Crippen LogP contribution in [-0.4, -0.2) is 0 Å². The molecule has 1 aromatic heterocycles. The van der Waals surface area contributed by atoms with Gasteiger partial charge in [0.05, 0.1) is 0 Å². The van der Waals surface area contributed by atoms with Crippen molar-refractivity contribution in [2.45, 2.75) is 18.9 Å². The van der Waals surface area contributed by atoms with Crippen LogP contribution in [0.2, 0.25) is 0 Å². The molecule has 0 spiro atoms. The Bertz CT molecular complexity index is 320. The van der Waals surface area contributed by atoms with E-state index in [4.69, 9.17) is 11.0 Å². The van der Waals surface area contributed by atoms with Crippen LogP contribution in [0.5, 0.6) is 0 Å². The van der Waals surface area contributed by atoms with Crippen LogP contribution in [0, 0.1) is 17.2 Å². The van der Waals surface area contributed by atoms with Gasteiger partial charge in [0.2, 0.25) is 0 Å². The van der Waals surface area contributed by atoms with E-state index >= 15 is 0 Å². The fourth-order valence-electron chi connectivity index (χ4n) is 1.28. The minimum atomic E-state index is 0.178. The van der Waals surface area contributed by atoms with Crippen molar-refractivity contribution in [1.82, 2.24) is 0 Å². The summed E-state index contributed by atoms with van der Waals surface area (Å²) in [5, 5.41) is 8.61. The van der Waals surface area contributed by atoms with E-state index in [-0.39, 0.29) is 6.04 Å². The predicted octanol–water partition coefficient (Wildman–Crippen LogP) is 2.03. The molecular formula is C9H10N2S. The maximum atomic E-state index is 8.61. The molecule has 0 amide bonds. The van der Waals surface area contributed by atoms with Crippen molar-refractivity contribution in [1.29, 1.82) is 5.26 Å². The highest BCUT2D eigenvalue weighted by molar-refractivity contribution is 7.12. The number of hydrogen-bond donors (Lipinski definition) is 1. The van der Waals surface area contributed by atoms with Gasteiger partial charge in [0.15, 0.2) is 0 Å². The molecule has 0 bridgehead atoms. The highest BCUT2D eigenvalue weighted by atomic mass is 32.1. The molecule has 1 heterocycles. The van der Waals surface area contributed by atoms with Gasteiger partial charge in [-0.25, -0.2) is 0 Å². The number of nitriles is 1. The lowest BCUT2D eigenvalue weighted by molar-refractivity contribution is 0.645. The first-order valence-electron chi connectivity index (χ1n) is 4.06. The summed E-state index contributed by atoms with van der Waals surface area (Å²) in [5.41, 5.74) is 5.97. The Morgan fingerprint density at radius 1 is 1.58 bits per heavy atom. The third-order valence-electron chi connectivity index (χ3n) is 2.20. The fraction of sp³-hybridized carbons (Fsp3) is 0.444. The lowest BCUT2D eigenvalue weighted by Crippen LogP contribution is -2.10. The van der Waals surface area contributed by atoms with Crippen molar-refractivity contribution in [2.75, 3.05) is 0 Å². The zero-order valence-electron chi connectivity index (χ0n) is 6.66. The third kappa shape index (κ3) is 1.36. The smallest absolute Gasteiger partial charge is 0.110 e. The van der Waals surface area contributed by atoms with Crippen molar-refractivity contribution >= 4 is 11.3 Å². The maximum absolute atomic E-state index is 8.61. The number of nitrogens with zero attached hydrogens (tertiary/aromatic N) is 1. The van der Waals surface area contributed by atoms with Crippen LogP contribution < -0.4 is 5.73 Å². The lowest BCUT2D eigenvalue weighted by Gasteiger charge is -2.05. The van der Waals surface area contributed by atoms with Crippen LogP contribution in [0.1, 0.15) is 28.6 Å². The summed E-state index contributed by atoms with van der Waals surface area (Å²) in [6.45, 7) is 0. The summed E-state index contributed by atoms with van der Waals surface area (Å²) in [7, 11) is 0. The molecular weight excluding hydrogens is 168 g/mol. The Morgan fingerprint density at radius 2 is 2.33 bits per heavy atom. The normalized spacial score (nSPS) is 18.7. The van der Waals surface area contributed by atoms with Gasteiger partial charge in [-0.2, -0.15) is 5.26 Å². The Balaban J connectivity index is 2.17. The molecule has 1 aliphatic carbocycles. The highest BCUT2D eigenvalue weighted by Crippen LogP contribution is 2.41. The van der Waals surface area contributed by atoms with E-state index in [1.165, 1.54) is 24.2 Å². The van der Waals surface area contributed by atoms with Crippen LogP contribution in [0.3, 0.4) is 0 Å². The second kappa shape index (κ2) is 2.89. The van der Waals surface area contributed by atoms with Crippen molar-refractivity contribution in [2.24, 2.45) is 11.7 Å². The van der Waals surface area contributed by atoms with E-state index in [0.29, 0.717) is 5.92 Å². The van der Waals surface area contributed by atoms with E-state index in [1.807, 2.05) is 12.1 Å². The fourth-order valence-corrected chi connectivity index (χ4v) is 2.18. The molecule has 3 heteroatoms. The van der Waals surface area contributed by atoms with Crippen LogP contribution in [0.15, 0.2) is 12.1 Å². The standard InChI is InChI=1S/C9H10N2S/c10-5-7-3-4-8(12-7)9(11)6-1-2-6/h3-4,6,9H,1-2,11H2/t9-/m0/s1. The van der Waals surface area contributed by atoms with Crippen molar-refractivity contribution < 1.29 is 0 Å². The van der Waals surface area contributed by atoms with E-state index in [9.17, 15) is 0 Å². The average Bonchev–Trinajstić information content (AvgIpc) is 2.82. The lowest BCUT2D eigenvalue weighted by atomic mass is 10.2. The van der Waals surface area contributed by atoms with E-state index < -0.39 is 0 Å². The summed E-state index contributed by atoms with van der Waals surface area (Å²) in [5.74, 6) is 0.676. The largest absolute Gasteiger partial charge is 0.323 e.